The fourth-order valence-corrected chi connectivity index (χ4v) is 1.86. The summed E-state index contributed by atoms with van der Waals surface area (Å²) in [4.78, 5) is 2.14. The highest BCUT2D eigenvalue weighted by molar-refractivity contribution is 5.45. The zero-order valence-corrected chi connectivity index (χ0v) is 9.89. The second-order valence-electron chi connectivity index (χ2n) is 4.13. The van der Waals surface area contributed by atoms with E-state index >= 15 is 0 Å². The van der Waals surface area contributed by atoms with Gasteiger partial charge in [0.1, 0.15) is 5.82 Å². The van der Waals surface area contributed by atoms with Crippen molar-refractivity contribution in [2.24, 2.45) is 0 Å². The fraction of sp³-hybridized carbons (Fsp3) is 0.500. The van der Waals surface area contributed by atoms with Gasteiger partial charge in [0.15, 0.2) is 11.6 Å². The molecule has 1 fully saturated rings. The number of nitrogens with zero attached hydrogens (tertiary/aromatic N) is 1. The molecule has 1 saturated heterocycles. The van der Waals surface area contributed by atoms with Crippen LogP contribution in [-0.2, 0) is 4.74 Å². The molecule has 0 spiro atoms. The third kappa shape index (κ3) is 3.36. The van der Waals surface area contributed by atoms with Gasteiger partial charge < -0.3 is 10.1 Å². The molecule has 0 radical (unpaired) electrons. The first-order valence-electron chi connectivity index (χ1n) is 5.85. The van der Waals surface area contributed by atoms with Crippen LogP contribution in [0.3, 0.4) is 0 Å². The number of hydrogen-bond donors (Lipinski definition) is 1. The molecule has 1 aromatic carbocycles. The van der Waals surface area contributed by atoms with Crippen molar-refractivity contribution in [2.75, 3.05) is 44.7 Å². The van der Waals surface area contributed by atoms with Gasteiger partial charge in [-0.3, -0.25) is 4.90 Å². The standard InChI is InChI=1S/C12H15F3N2O/c13-9-7-10(14)12(15)11(8-9)16-1-2-17-3-5-18-6-4-17/h7-8,16H,1-6H2. The molecule has 1 aliphatic rings. The van der Waals surface area contributed by atoms with Crippen molar-refractivity contribution in [1.29, 1.82) is 0 Å². The molecule has 0 amide bonds. The largest absolute Gasteiger partial charge is 0.381 e. The lowest BCUT2D eigenvalue weighted by Crippen LogP contribution is -2.39. The lowest BCUT2D eigenvalue weighted by Gasteiger charge is -2.26. The van der Waals surface area contributed by atoms with Crippen LogP contribution < -0.4 is 5.32 Å². The van der Waals surface area contributed by atoms with Gasteiger partial charge in [-0.1, -0.05) is 0 Å². The van der Waals surface area contributed by atoms with Gasteiger partial charge in [-0.15, -0.1) is 0 Å². The first-order valence-corrected chi connectivity index (χ1v) is 5.85. The number of morpholine rings is 1. The second kappa shape index (κ2) is 6.06. The number of hydrogen-bond acceptors (Lipinski definition) is 3. The van der Waals surface area contributed by atoms with Gasteiger partial charge in [0.05, 0.1) is 18.9 Å². The van der Waals surface area contributed by atoms with E-state index in [-0.39, 0.29) is 5.69 Å². The summed E-state index contributed by atoms with van der Waals surface area (Å²) in [6.07, 6.45) is 0. The van der Waals surface area contributed by atoms with E-state index in [0.29, 0.717) is 32.4 Å². The van der Waals surface area contributed by atoms with Gasteiger partial charge >= 0.3 is 0 Å². The minimum Gasteiger partial charge on any atom is -0.381 e. The smallest absolute Gasteiger partial charge is 0.182 e. The van der Waals surface area contributed by atoms with Crippen LogP contribution in [0, 0.1) is 17.5 Å². The molecule has 1 N–H and O–H groups in total. The molecule has 0 aromatic heterocycles. The summed E-state index contributed by atoms with van der Waals surface area (Å²) in [7, 11) is 0. The first kappa shape index (κ1) is 13.2. The molecule has 1 heterocycles. The van der Waals surface area contributed by atoms with Crippen LogP contribution in [0.4, 0.5) is 18.9 Å². The predicted molar refractivity (Wildman–Crippen MR) is 62.1 cm³/mol. The average molecular weight is 260 g/mol. The number of anilines is 1. The van der Waals surface area contributed by atoms with Gasteiger partial charge in [0.25, 0.3) is 0 Å². The van der Waals surface area contributed by atoms with Crippen molar-refractivity contribution in [1.82, 2.24) is 4.90 Å². The highest BCUT2D eigenvalue weighted by Gasteiger charge is 2.12. The first-order chi connectivity index (χ1) is 8.66. The number of rotatable bonds is 4. The molecule has 2 rings (SSSR count). The zero-order valence-electron chi connectivity index (χ0n) is 9.89. The molecule has 0 atom stereocenters. The maximum Gasteiger partial charge on any atom is 0.182 e. The molecular weight excluding hydrogens is 245 g/mol. The second-order valence-corrected chi connectivity index (χ2v) is 4.13. The van der Waals surface area contributed by atoms with Crippen LogP contribution in [0.1, 0.15) is 0 Å². The van der Waals surface area contributed by atoms with E-state index in [1.165, 1.54) is 0 Å². The van der Waals surface area contributed by atoms with Crippen LogP contribution in [0.25, 0.3) is 0 Å². The highest BCUT2D eigenvalue weighted by Crippen LogP contribution is 2.18. The summed E-state index contributed by atoms with van der Waals surface area (Å²) in [5.41, 5.74) is -0.138. The van der Waals surface area contributed by atoms with Crippen molar-refractivity contribution in [3.8, 4) is 0 Å². The van der Waals surface area contributed by atoms with E-state index in [2.05, 4.69) is 10.2 Å². The van der Waals surface area contributed by atoms with E-state index < -0.39 is 17.5 Å². The van der Waals surface area contributed by atoms with E-state index in [0.717, 1.165) is 19.2 Å². The van der Waals surface area contributed by atoms with E-state index in [1.807, 2.05) is 0 Å². The van der Waals surface area contributed by atoms with Crippen molar-refractivity contribution < 1.29 is 17.9 Å². The maximum absolute atomic E-state index is 13.3. The van der Waals surface area contributed by atoms with Crippen LogP contribution >= 0.6 is 0 Å². The minimum atomic E-state index is -1.18. The number of benzene rings is 1. The van der Waals surface area contributed by atoms with Gasteiger partial charge in [-0.25, -0.2) is 13.2 Å². The Kier molecular flexibility index (Phi) is 4.43. The zero-order chi connectivity index (χ0) is 13.0. The molecule has 3 nitrogen and oxygen atoms in total. The summed E-state index contributed by atoms with van der Waals surface area (Å²) in [5.74, 6) is -3.01. The summed E-state index contributed by atoms with van der Waals surface area (Å²) < 4.78 is 44.4. The van der Waals surface area contributed by atoms with Crippen LogP contribution in [0.5, 0.6) is 0 Å². The lowest BCUT2D eigenvalue weighted by atomic mass is 10.2. The number of nitrogens with one attached hydrogen (secondary N) is 1. The summed E-state index contributed by atoms with van der Waals surface area (Å²) in [6, 6.07) is 1.49. The summed E-state index contributed by atoms with van der Waals surface area (Å²) in [5, 5.41) is 2.70. The van der Waals surface area contributed by atoms with Crippen molar-refractivity contribution in [2.45, 2.75) is 0 Å². The summed E-state index contributed by atoms with van der Waals surface area (Å²) in [6.45, 7) is 4.12. The van der Waals surface area contributed by atoms with Crippen molar-refractivity contribution >= 4 is 5.69 Å². The van der Waals surface area contributed by atoms with Crippen molar-refractivity contribution in [3.63, 3.8) is 0 Å². The normalized spacial score (nSPS) is 16.8. The molecule has 0 aliphatic carbocycles. The SMILES string of the molecule is Fc1cc(F)c(F)c(NCCN2CCOCC2)c1. The van der Waals surface area contributed by atoms with E-state index in [9.17, 15) is 13.2 Å². The van der Waals surface area contributed by atoms with E-state index in [4.69, 9.17) is 4.74 Å². The molecular formula is C12H15F3N2O. The Morgan fingerprint density at radius 2 is 1.89 bits per heavy atom. The molecule has 0 saturated carbocycles. The molecule has 6 heteroatoms. The minimum absolute atomic E-state index is 0.138. The topological polar surface area (TPSA) is 24.5 Å². The van der Waals surface area contributed by atoms with Crippen LogP contribution in [-0.4, -0.2) is 44.3 Å². The Bertz CT molecular complexity index is 409. The van der Waals surface area contributed by atoms with Gasteiger partial charge in [-0.05, 0) is 0 Å². The predicted octanol–water partition coefficient (Wildman–Crippen LogP) is 1.85. The third-order valence-corrected chi connectivity index (χ3v) is 2.84. The lowest BCUT2D eigenvalue weighted by molar-refractivity contribution is 0.0398. The Hall–Kier alpha value is -1.27. The highest BCUT2D eigenvalue weighted by atomic mass is 19.2. The average Bonchev–Trinajstić information content (AvgIpc) is 2.36. The quantitative estimate of drug-likeness (QED) is 0.836. The number of halogens is 3. The van der Waals surface area contributed by atoms with Crippen LogP contribution in [0.2, 0.25) is 0 Å². The van der Waals surface area contributed by atoms with Gasteiger partial charge in [0, 0.05) is 38.3 Å². The molecule has 100 valence electrons. The van der Waals surface area contributed by atoms with E-state index in [1.54, 1.807) is 0 Å². The Morgan fingerprint density at radius 1 is 1.17 bits per heavy atom. The fourth-order valence-electron chi connectivity index (χ4n) is 1.86. The van der Waals surface area contributed by atoms with Gasteiger partial charge in [0.2, 0.25) is 0 Å². The molecule has 18 heavy (non-hydrogen) atoms. The summed E-state index contributed by atoms with van der Waals surface area (Å²) >= 11 is 0. The number of ether oxygens (including phenoxy) is 1. The molecule has 0 unspecified atom stereocenters. The molecule has 1 aliphatic heterocycles. The van der Waals surface area contributed by atoms with Crippen molar-refractivity contribution in [3.05, 3.63) is 29.6 Å². The Morgan fingerprint density at radius 3 is 2.61 bits per heavy atom. The third-order valence-electron chi connectivity index (χ3n) is 2.84. The maximum atomic E-state index is 13.3. The molecule has 0 bridgehead atoms. The molecule has 1 aromatic rings. The Labute approximate surface area is 104 Å². The van der Waals surface area contributed by atoms with Gasteiger partial charge in [-0.2, -0.15) is 0 Å². The Balaban J connectivity index is 1.86. The van der Waals surface area contributed by atoms with Crippen LogP contribution in [0.15, 0.2) is 12.1 Å². The monoisotopic (exact) mass is 260 g/mol.